The highest BCUT2D eigenvalue weighted by atomic mass is 35.5. The van der Waals surface area contributed by atoms with Gasteiger partial charge in [-0.3, -0.25) is 9.78 Å². The SMILES string of the molecule is COc1c(Cl)cccc1NC(=S)C1=C(NCc2ccncc2OCCNC(=O)OC(C)(C)C)CCNC1=O. The van der Waals surface area contributed by atoms with Crippen LogP contribution < -0.4 is 30.7 Å². The molecule has 10 nitrogen and oxygen atoms in total. The Kier molecular flexibility index (Phi) is 10.1. The van der Waals surface area contributed by atoms with Gasteiger partial charge in [-0.1, -0.05) is 29.9 Å². The van der Waals surface area contributed by atoms with Crippen molar-refractivity contribution in [2.45, 2.75) is 39.3 Å². The lowest BCUT2D eigenvalue weighted by atomic mass is 10.1. The van der Waals surface area contributed by atoms with Crippen LogP contribution in [-0.4, -0.2) is 54.4 Å². The van der Waals surface area contributed by atoms with Crippen molar-refractivity contribution in [3.05, 3.63) is 58.5 Å². The highest BCUT2D eigenvalue weighted by molar-refractivity contribution is 7.81. The van der Waals surface area contributed by atoms with E-state index < -0.39 is 11.7 Å². The summed E-state index contributed by atoms with van der Waals surface area (Å²) in [7, 11) is 1.51. The number of methoxy groups -OCH3 is 1. The molecule has 4 N–H and O–H groups in total. The Morgan fingerprint density at radius 3 is 2.79 bits per heavy atom. The lowest BCUT2D eigenvalue weighted by Crippen LogP contribution is -2.39. The van der Waals surface area contributed by atoms with Gasteiger partial charge in [0, 0.05) is 37.0 Å². The predicted molar refractivity (Wildman–Crippen MR) is 150 cm³/mol. The van der Waals surface area contributed by atoms with Crippen LogP contribution in [0.1, 0.15) is 32.8 Å². The number of hydrogen-bond acceptors (Lipinski definition) is 8. The topological polar surface area (TPSA) is 123 Å². The summed E-state index contributed by atoms with van der Waals surface area (Å²) in [5.74, 6) is 0.706. The molecule has 1 aromatic heterocycles. The van der Waals surface area contributed by atoms with Crippen LogP contribution in [0, 0.1) is 0 Å². The Balaban J connectivity index is 1.67. The number of nitrogens with zero attached hydrogens (tertiary/aromatic N) is 1. The average molecular weight is 562 g/mol. The average Bonchev–Trinajstić information content (AvgIpc) is 2.85. The van der Waals surface area contributed by atoms with Crippen molar-refractivity contribution >= 4 is 46.5 Å². The van der Waals surface area contributed by atoms with E-state index >= 15 is 0 Å². The molecule has 0 unspecified atom stereocenters. The fourth-order valence-corrected chi connectivity index (χ4v) is 4.16. The fraction of sp³-hybridized carbons (Fsp3) is 0.385. The number of halogens is 1. The summed E-state index contributed by atoms with van der Waals surface area (Å²) in [6.07, 6.45) is 3.31. The second kappa shape index (κ2) is 13.3. The van der Waals surface area contributed by atoms with Crippen LogP contribution in [0.5, 0.6) is 11.5 Å². The first kappa shape index (κ1) is 29.0. The van der Waals surface area contributed by atoms with Crippen LogP contribution in [0.2, 0.25) is 5.02 Å². The Morgan fingerprint density at radius 1 is 1.26 bits per heavy atom. The maximum absolute atomic E-state index is 12.8. The number of aromatic nitrogens is 1. The Bertz CT molecular complexity index is 1210. The molecule has 0 aliphatic carbocycles. The number of anilines is 1. The second-order valence-corrected chi connectivity index (χ2v) is 10.1. The number of ether oxygens (including phenoxy) is 3. The van der Waals surface area contributed by atoms with E-state index in [1.807, 2.05) is 6.07 Å². The van der Waals surface area contributed by atoms with Gasteiger partial charge in [0.05, 0.1) is 36.1 Å². The van der Waals surface area contributed by atoms with Gasteiger partial charge in [0.1, 0.15) is 22.9 Å². The van der Waals surface area contributed by atoms with Gasteiger partial charge in [0.2, 0.25) is 0 Å². The zero-order valence-electron chi connectivity index (χ0n) is 21.8. The number of alkyl carbamates (subject to hydrolysis) is 1. The standard InChI is InChI=1S/C26H32ClN5O5S/c1-26(2,3)37-25(34)30-12-13-36-20-15-28-10-8-16(20)14-31-18-9-11-29-23(33)21(18)24(38)32-19-7-5-6-17(27)22(19)35-4/h5-8,10,15,31H,9,11-14H2,1-4H3,(H,29,33)(H,30,34)(H,32,38). The van der Waals surface area contributed by atoms with Gasteiger partial charge >= 0.3 is 6.09 Å². The van der Waals surface area contributed by atoms with Gasteiger partial charge in [0.15, 0.2) is 5.75 Å². The number of nitrogens with one attached hydrogen (secondary N) is 4. The zero-order valence-corrected chi connectivity index (χ0v) is 23.3. The summed E-state index contributed by atoms with van der Waals surface area (Å²) < 4.78 is 16.4. The number of thiocarbonyl (C=S) groups is 1. The van der Waals surface area contributed by atoms with Crippen molar-refractivity contribution in [2.24, 2.45) is 0 Å². The van der Waals surface area contributed by atoms with Crippen molar-refractivity contribution in [1.82, 2.24) is 20.9 Å². The van der Waals surface area contributed by atoms with E-state index in [1.165, 1.54) is 7.11 Å². The first-order chi connectivity index (χ1) is 18.1. The number of carbonyl (C=O) groups excluding carboxylic acids is 2. The molecule has 0 atom stereocenters. The van der Waals surface area contributed by atoms with E-state index in [4.69, 9.17) is 38.0 Å². The lowest BCUT2D eigenvalue weighted by Gasteiger charge is -2.24. The van der Waals surface area contributed by atoms with Crippen molar-refractivity contribution in [1.29, 1.82) is 0 Å². The van der Waals surface area contributed by atoms with Gasteiger partial charge in [-0.2, -0.15) is 0 Å². The smallest absolute Gasteiger partial charge is 0.407 e. The van der Waals surface area contributed by atoms with E-state index in [1.54, 1.807) is 51.4 Å². The minimum Gasteiger partial charge on any atom is -0.493 e. The minimum absolute atomic E-state index is 0.226. The quantitative estimate of drug-likeness (QED) is 0.252. The van der Waals surface area contributed by atoms with Gasteiger partial charge < -0.3 is 35.5 Å². The number of hydrogen-bond donors (Lipinski definition) is 4. The molecular formula is C26H32ClN5O5S. The Morgan fingerprint density at radius 2 is 2.05 bits per heavy atom. The predicted octanol–water partition coefficient (Wildman–Crippen LogP) is 3.95. The third-order valence-electron chi connectivity index (χ3n) is 5.23. The van der Waals surface area contributed by atoms with E-state index in [0.717, 1.165) is 5.56 Å². The summed E-state index contributed by atoms with van der Waals surface area (Å²) >= 11 is 11.8. The summed E-state index contributed by atoms with van der Waals surface area (Å²) in [5.41, 5.74) is 1.84. The molecule has 0 bridgehead atoms. The van der Waals surface area contributed by atoms with Gasteiger partial charge in [-0.25, -0.2) is 4.79 Å². The van der Waals surface area contributed by atoms with Gasteiger partial charge in [-0.05, 0) is 39.0 Å². The van der Waals surface area contributed by atoms with E-state index in [0.29, 0.717) is 53.0 Å². The van der Waals surface area contributed by atoms with Crippen LogP contribution in [0.25, 0.3) is 0 Å². The highest BCUT2D eigenvalue weighted by Crippen LogP contribution is 2.33. The van der Waals surface area contributed by atoms with Gasteiger partial charge in [-0.15, -0.1) is 0 Å². The number of pyridine rings is 1. The molecule has 3 rings (SSSR count). The van der Waals surface area contributed by atoms with Crippen molar-refractivity contribution in [3.8, 4) is 11.5 Å². The fourth-order valence-electron chi connectivity index (χ4n) is 3.58. The molecule has 1 aromatic carbocycles. The summed E-state index contributed by atoms with van der Waals surface area (Å²) in [6.45, 7) is 6.72. The molecule has 1 aliphatic rings. The van der Waals surface area contributed by atoms with Crippen molar-refractivity contribution < 1.29 is 23.8 Å². The first-order valence-electron chi connectivity index (χ1n) is 12.0. The molecule has 0 spiro atoms. The zero-order chi connectivity index (χ0) is 27.7. The maximum Gasteiger partial charge on any atom is 0.407 e. The lowest BCUT2D eigenvalue weighted by molar-refractivity contribution is -0.117. The van der Waals surface area contributed by atoms with Crippen LogP contribution in [-0.2, 0) is 16.1 Å². The molecule has 0 saturated heterocycles. The number of benzene rings is 1. The first-order valence-corrected chi connectivity index (χ1v) is 12.8. The normalized spacial score (nSPS) is 13.3. The molecular weight excluding hydrogens is 530 g/mol. The van der Waals surface area contributed by atoms with Crippen LogP contribution >= 0.6 is 23.8 Å². The molecule has 2 amide bonds. The van der Waals surface area contributed by atoms with Gasteiger partial charge in [0.25, 0.3) is 5.91 Å². The molecule has 38 heavy (non-hydrogen) atoms. The summed E-state index contributed by atoms with van der Waals surface area (Å²) in [4.78, 5) is 29.0. The number of rotatable bonds is 10. The molecule has 0 fully saturated rings. The molecule has 0 saturated carbocycles. The third kappa shape index (κ3) is 8.22. The minimum atomic E-state index is -0.575. The molecule has 204 valence electrons. The number of carbonyl (C=O) groups is 2. The molecule has 2 heterocycles. The molecule has 2 aromatic rings. The Labute approximate surface area is 232 Å². The number of para-hydroxylation sites is 1. The summed E-state index contributed by atoms with van der Waals surface area (Å²) in [5, 5.41) is 12.3. The van der Waals surface area contributed by atoms with Crippen molar-refractivity contribution in [3.63, 3.8) is 0 Å². The second-order valence-electron chi connectivity index (χ2n) is 9.25. The largest absolute Gasteiger partial charge is 0.493 e. The number of amides is 2. The third-order valence-corrected chi connectivity index (χ3v) is 5.83. The maximum atomic E-state index is 12.8. The van der Waals surface area contributed by atoms with Crippen LogP contribution in [0.3, 0.4) is 0 Å². The monoisotopic (exact) mass is 561 g/mol. The molecule has 1 aliphatic heterocycles. The van der Waals surface area contributed by atoms with Crippen molar-refractivity contribution in [2.75, 3.05) is 32.1 Å². The van der Waals surface area contributed by atoms with Crippen LogP contribution in [0.15, 0.2) is 47.9 Å². The summed E-state index contributed by atoms with van der Waals surface area (Å²) in [6, 6.07) is 7.05. The molecule has 12 heteroatoms. The molecule has 0 radical (unpaired) electrons. The Hall–Kier alpha value is -3.57. The highest BCUT2D eigenvalue weighted by Gasteiger charge is 2.25. The van der Waals surface area contributed by atoms with E-state index in [2.05, 4.69) is 26.3 Å². The van der Waals surface area contributed by atoms with E-state index in [-0.39, 0.29) is 24.0 Å². The van der Waals surface area contributed by atoms with Crippen LogP contribution in [0.4, 0.5) is 10.5 Å². The van der Waals surface area contributed by atoms with E-state index in [9.17, 15) is 9.59 Å².